The second-order valence-electron chi connectivity index (χ2n) is 2.25. The Bertz CT molecular complexity index is 329. The van der Waals surface area contributed by atoms with Gasteiger partial charge in [0, 0.05) is 0 Å². The number of hydrogen-bond donors (Lipinski definition) is 0. The van der Waals surface area contributed by atoms with Crippen LogP contribution < -0.4 is 0 Å². The number of hydrogen-bond acceptors (Lipinski definition) is 2. The monoisotopic (exact) mass is 282 g/mol. The number of ether oxygens (including phenoxy) is 1. The summed E-state index contributed by atoms with van der Waals surface area (Å²) in [4.78, 5) is 11.1. The summed E-state index contributed by atoms with van der Waals surface area (Å²) >= 11 is 14.7. The van der Waals surface area contributed by atoms with Gasteiger partial charge in [-0.15, -0.1) is 0 Å². The molecule has 0 fully saturated rings. The summed E-state index contributed by atoms with van der Waals surface area (Å²) in [7, 11) is 1.30. The first-order chi connectivity index (χ1) is 6.06. The van der Waals surface area contributed by atoms with Crippen molar-refractivity contribution in [2.75, 3.05) is 7.11 Å². The molecule has 1 rings (SSSR count). The molecule has 0 heterocycles. The van der Waals surface area contributed by atoms with Crippen LogP contribution in [0.3, 0.4) is 0 Å². The number of carbonyl (C=O) groups is 1. The predicted octanol–water partition coefficient (Wildman–Crippen LogP) is 3.54. The third kappa shape index (κ3) is 2.36. The van der Waals surface area contributed by atoms with Gasteiger partial charge in [-0.05, 0) is 28.1 Å². The van der Waals surface area contributed by atoms with Gasteiger partial charge >= 0.3 is 5.97 Å². The van der Waals surface area contributed by atoms with Gasteiger partial charge in [0.2, 0.25) is 0 Å². The third-order valence-electron chi connectivity index (χ3n) is 1.40. The molecular weight excluding hydrogens is 279 g/mol. The first-order valence-electron chi connectivity index (χ1n) is 3.29. The van der Waals surface area contributed by atoms with Gasteiger partial charge in [-0.3, -0.25) is 0 Å². The van der Waals surface area contributed by atoms with Gasteiger partial charge in [-0.25, -0.2) is 4.79 Å². The Morgan fingerprint density at radius 2 is 1.85 bits per heavy atom. The smallest absolute Gasteiger partial charge is 0.337 e. The highest BCUT2D eigenvalue weighted by Crippen LogP contribution is 2.31. The molecule has 0 amide bonds. The van der Waals surface area contributed by atoms with Crippen LogP contribution in [0, 0.1) is 0 Å². The minimum Gasteiger partial charge on any atom is -0.465 e. The van der Waals surface area contributed by atoms with Crippen LogP contribution in [0.2, 0.25) is 10.0 Å². The Morgan fingerprint density at radius 1 is 1.38 bits per heavy atom. The van der Waals surface area contributed by atoms with E-state index in [9.17, 15) is 4.79 Å². The van der Waals surface area contributed by atoms with E-state index in [0.717, 1.165) is 0 Å². The molecule has 0 N–H and O–H groups in total. The van der Waals surface area contributed by atoms with Crippen molar-refractivity contribution < 1.29 is 9.53 Å². The van der Waals surface area contributed by atoms with Gasteiger partial charge in [0.05, 0.1) is 27.2 Å². The highest BCUT2D eigenvalue weighted by atomic mass is 79.9. The fraction of sp³-hybridized carbons (Fsp3) is 0.125. The average molecular weight is 284 g/mol. The van der Waals surface area contributed by atoms with E-state index in [-0.39, 0.29) is 0 Å². The molecule has 5 heteroatoms. The molecule has 1 aromatic rings. The van der Waals surface area contributed by atoms with Gasteiger partial charge in [0.25, 0.3) is 0 Å². The number of methoxy groups -OCH3 is 1. The quantitative estimate of drug-likeness (QED) is 0.582. The SMILES string of the molecule is COC(=O)c1cc(Cl)c(Br)c(Cl)c1. The zero-order valence-electron chi connectivity index (χ0n) is 6.61. The van der Waals surface area contributed by atoms with Crippen molar-refractivity contribution in [1.82, 2.24) is 0 Å². The molecule has 0 aliphatic rings. The van der Waals surface area contributed by atoms with Crippen LogP contribution in [0.15, 0.2) is 16.6 Å². The number of halogens is 3. The largest absolute Gasteiger partial charge is 0.465 e. The van der Waals surface area contributed by atoms with E-state index in [1.165, 1.54) is 19.2 Å². The molecule has 0 bridgehead atoms. The molecule has 0 aliphatic heterocycles. The number of rotatable bonds is 1. The molecule has 0 saturated heterocycles. The maximum absolute atomic E-state index is 11.1. The standard InChI is InChI=1S/C8H5BrCl2O2/c1-13-8(12)4-2-5(10)7(9)6(11)3-4/h2-3H,1H3. The van der Waals surface area contributed by atoms with Crippen molar-refractivity contribution in [2.45, 2.75) is 0 Å². The van der Waals surface area contributed by atoms with Gasteiger partial charge in [-0.2, -0.15) is 0 Å². The van der Waals surface area contributed by atoms with Crippen molar-refractivity contribution in [2.24, 2.45) is 0 Å². The normalized spacial score (nSPS) is 9.85. The first-order valence-corrected chi connectivity index (χ1v) is 4.84. The summed E-state index contributed by atoms with van der Waals surface area (Å²) in [6, 6.07) is 2.98. The molecule has 13 heavy (non-hydrogen) atoms. The Kier molecular flexibility index (Phi) is 3.59. The number of esters is 1. The minimum absolute atomic E-state index is 0.334. The number of carbonyl (C=O) groups excluding carboxylic acids is 1. The van der Waals surface area contributed by atoms with E-state index < -0.39 is 5.97 Å². The Hall–Kier alpha value is -0.250. The summed E-state index contributed by atoms with van der Waals surface area (Å²) < 4.78 is 5.09. The van der Waals surface area contributed by atoms with Crippen molar-refractivity contribution in [3.05, 3.63) is 32.2 Å². The van der Waals surface area contributed by atoms with Crippen molar-refractivity contribution in [1.29, 1.82) is 0 Å². The summed E-state index contributed by atoms with van der Waals surface area (Å²) in [5.74, 6) is -0.462. The Balaban J connectivity index is 3.20. The second-order valence-corrected chi connectivity index (χ2v) is 3.85. The topological polar surface area (TPSA) is 26.3 Å². The van der Waals surface area contributed by atoms with Crippen LogP contribution in [-0.2, 0) is 4.74 Å². The van der Waals surface area contributed by atoms with Crippen LogP contribution in [0.5, 0.6) is 0 Å². The van der Waals surface area contributed by atoms with Crippen LogP contribution in [0.25, 0.3) is 0 Å². The Morgan fingerprint density at radius 3 is 2.23 bits per heavy atom. The molecule has 2 nitrogen and oxygen atoms in total. The third-order valence-corrected chi connectivity index (χ3v) is 3.31. The first kappa shape index (κ1) is 10.8. The maximum Gasteiger partial charge on any atom is 0.337 e. The van der Waals surface area contributed by atoms with E-state index in [1.807, 2.05) is 0 Å². The van der Waals surface area contributed by atoms with Crippen molar-refractivity contribution in [3.8, 4) is 0 Å². The van der Waals surface area contributed by atoms with Crippen LogP contribution in [-0.4, -0.2) is 13.1 Å². The summed E-state index contributed by atoms with van der Waals surface area (Å²) in [5.41, 5.74) is 0.334. The minimum atomic E-state index is -0.462. The fourth-order valence-electron chi connectivity index (χ4n) is 0.791. The van der Waals surface area contributed by atoms with Gasteiger partial charge < -0.3 is 4.74 Å². The van der Waals surface area contributed by atoms with E-state index in [2.05, 4.69) is 20.7 Å². The van der Waals surface area contributed by atoms with E-state index in [4.69, 9.17) is 23.2 Å². The zero-order valence-corrected chi connectivity index (χ0v) is 9.70. The molecule has 0 saturated carbocycles. The lowest BCUT2D eigenvalue weighted by Crippen LogP contribution is -2.00. The lowest BCUT2D eigenvalue weighted by atomic mass is 10.2. The van der Waals surface area contributed by atoms with Crippen LogP contribution in [0.4, 0.5) is 0 Å². The number of benzene rings is 1. The summed E-state index contributed by atoms with van der Waals surface area (Å²) in [6.07, 6.45) is 0. The van der Waals surface area contributed by atoms with Crippen molar-refractivity contribution >= 4 is 45.1 Å². The predicted molar refractivity (Wildman–Crippen MR) is 55.5 cm³/mol. The molecular formula is C8H5BrCl2O2. The lowest BCUT2D eigenvalue weighted by molar-refractivity contribution is 0.0600. The van der Waals surface area contributed by atoms with Gasteiger partial charge in [0.1, 0.15) is 0 Å². The highest BCUT2D eigenvalue weighted by Gasteiger charge is 2.11. The highest BCUT2D eigenvalue weighted by molar-refractivity contribution is 9.10. The molecule has 0 unspecified atom stereocenters. The van der Waals surface area contributed by atoms with E-state index in [1.54, 1.807) is 0 Å². The summed E-state index contributed by atoms with van der Waals surface area (Å²) in [6.45, 7) is 0. The molecule has 0 aromatic heterocycles. The fourth-order valence-corrected chi connectivity index (χ4v) is 1.51. The summed E-state index contributed by atoms with van der Waals surface area (Å²) in [5, 5.41) is 0.765. The Labute approximate surface area is 93.9 Å². The zero-order chi connectivity index (χ0) is 10.0. The van der Waals surface area contributed by atoms with E-state index in [0.29, 0.717) is 20.1 Å². The molecule has 70 valence electrons. The second kappa shape index (κ2) is 4.31. The molecule has 0 spiro atoms. The molecule has 0 radical (unpaired) electrons. The molecule has 1 aromatic carbocycles. The lowest BCUT2D eigenvalue weighted by Gasteiger charge is -2.03. The van der Waals surface area contributed by atoms with E-state index >= 15 is 0 Å². The van der Waals surface area contributed by atoms with Gasteiger partial charge in [-0.1, -0.05) is 23.2 Å². The van der Waals surface area contributed by atoms with Crippen molar-refractivity contribution in [3.63, 3.8) is 0 Å². The van der Waals surface area contributed by atoms with Gasteiger partial charge in [0.15, 0.2) is 0 Å². The molecule has 0 atom stereocenters. The molecule has 0 aliphatic carbocycles. The maximum atomic E-state index is 11.1. The average Bonchev–Trinajstić information content (AvgIpc) is 2.12. The van der Waals surface area contributed by atoms with Crippen LogP contribution >= 0.6 is 39.1 Å². The van der Waals surface area contributed by atoms with Crippen LogP contribution in [0.1, 0.15) is 10.4 Å².